The normalized spacial score (nSPS) is 11.6. The minimum atomic E-state index is -3.85. The highest BCUT2D eigenvalue weighted by atomic mass is 32.2. The van der Waals surface area contributed by atoms with E-state index in [1.807, 2.05) is 19.9 Å². The maximum Gasteiger partial charge on any atom is 0.264 e. The maximum absolute atomic E-state index is 13.8. The summed E-state index contributed by atoms with van der Waals surface area (Å²) in [4.78, 5) is 4.24. The fraction of sp³-hybridized carbons (Fsp3) is 0.263. The molecule has 6 nitrogen and oxygen atoms in total. The third kappa shape index (κ3) is 3.85. The van der Waals surface area contributed by atoms with Crippen molar-refractivity contribution in [2.24, 2.45) is 0 Å². The second-order valence-electron chi connectivity index (χ2n) is 6.55. The Morgan fingerprint density at radius 3 is 2.33 bits per heavy atom. The second kappa shape index (κ2) is 7.11. The molecule has 0 spiro atoms. The lowest BCUT2D eigenvalue weighted by Crippen LogP contribution is -2.18. The van der Waals surface area contributed by atoms with Crippen molar-refractivity contribution in [1.29, 1.82) is 0 Å². The largest absolute Gasteiger partial charge is 0.264 e. The molecule has 0 fully saturated rings. The smallest absolute Gasteiger partial charge is 0.246 e. The SMILES string of the molecule is Cc1cc(C)c(C)c(S(=O)(=O)Nc2ncn(Cc3ccccc3F)n2)c1C. The van der Waals surface area contributed by atoms with Gasteiger partial charge in [-0.3, -0.25) is 0 Å². The quantitative estimate of drug-likeness (QED) is 0.726. The molecular formula is C19H21FN4O2S. The zero-order chi connectivity index (χ0) is 19.8. The highest BCUT2D eigenvalue weighted by molar-refractivity contribution is 7.92. The average molecular weight is 388 g/mol. The molecule has 0 amide bonds. The number of halogens is 1. The van der Waals surface area contributed by atoms with Crippen molar-refractivity contribution in [3.63, 3.8) is 0 Å². The number of sulfonamides is 1. The first-order chi connectivity index (χ1) is 12.7. The van der Waals surface area contributed by atoms with Gasteiger partial charge in [-0.1, -0.05) is 24.3 Å². The van der Waals surface area contributed by atoms with Crippen molar-refractivity contribution in [3.05, 3.63) is 70.3 Å². The van der Waals surface area contributed by atoms with Crippen LogP contribution < -0.4 is 4.72 Å². The Labute approximate surface area is 158 Å². The fourth-order valence-electron chi connectivity index (χ4n) is 2.97. The molecule has 2 aromatic carbocycles. The van der Waals surface area contributed by atoms with Crippen molar-refractivity contribution in [1.82, 2.24) is 14.8 Å². The van der Waals surface area contributed by atoms with Crippen LogP contribution in [0.4, 0.5) is 10.3 Å². The molecule has 142 valence electrons. The Kier molecular flexibility index (Phi) is 5.01. The first kappa shape index (κ1) is 19.0. The van der Waals surface area contributed by atoms with Gasteiger partial charge in [-0.25, -0.2) is 22.2 Å². The fourth-order valence-corrected chi connectivity index (χ4v) is 4.54. The summed E-state index contributed by atoms with van der Waals surface area (Å²) in [5.74, 6) is -0.402. The Morgan fingerprint density at radius 2 is 1.70 bits per heavy atom. The third-order valence-corrected chi connectivity index (χ3v) is 6.22. The lowest BCUT2D eigenvalue weighted by Gasteiger charge is -2.15. The first-order valence-corrected chi connectivity index (χ1v) is 9.90. The highest BCUT2D eigenvalue weighted by Crippen LogP contribution is 2.27. The molecule has 0 atom stereocenters. The van der Waals surface area contributed by atoms with E-state index in [-0.39, 0.29) is 23.2 Å². The lowest BCUT2D eigenvalue weighted by molar-refractivity contribution is 0.584. The van der Waals surface area contributed by atoms with E-state index in [0.717, 1.165) is 11.1 Å². The number of benzene rings is 2. The van der Waals surface area contributed by atoms with Gasteiger partial charge in [0.2, 0.25) is 0 Å². The van der Waals surface area contributed by atoms with E-state index in [4.69, 9.17) is 0 Å². The van der Waals surface area contributed by atoms with Crippen molar-refractivity contribution in [2.75, 3.05) is 4.72 Å². The van der Waals surface area contributed by atoms with Crippen molar-refractivity contribution >= 4 is 16.0 Å². The van der Waals surface area contributed by atoms with E-state index in [1.54, 1.807) is 32.0 Å². The van der Waals surface area contributed by atoms with Crippen LogP contribution in [0.5, 0.6) is 0 Å². The van der Waals surface area contributed by atoms with Crippen LogP contribution in [0.3, 0.4) is 0 Å². The first-order valence-electron chi connectivity index (χ1n) is 8.42. The third-order valence-electron chi connectivity index (χ3n) is 4.62. The van der Waals surface area contributed by atoms with Crippen LogP contribution in [0.2, 0.25) is 0 Å². The van der Waals surface area contributed by atoms with E-state index >= 15 is 0 Å². The molecule has 1 heterocycles. The zero-order valence-corrected chi connectivity index (χ0v) is 16.4. The number of hydrogen-bond donors (Lipinski definition) is 1. The molecule has 0 radical (unpaired) electrons. The summed E-state index contributed by atoms with van der Waals surface area (Å²) in [5, 5.41) is 4.11. The van der Waals surface area contributed by atoms with E-state index in [9.17, 15) is 12.8 Å². The van der Waals surface area contributed by atoms with E-state index in [0.29, 0.717) is 16.7 Å². The predicted molar refractivity (Wildman–Crippen MR) is 102 cm³/mol. The van der Waals surface area contributed by atoms with Crippen molar-refractivity contribution < 1.29 is 12.8 Å². The molecule has 1 aromatic heterocycles. The van der Waals surface area contributed by atoms with Gasteiger partial charge in [0.1, 0.15) is 12.1 Å². The zero-order valence-electron chi connectivity index (χ0n) is 15.6. The van der Waals surface area contributed by atoms with E-state index in [1.165, 1.54) is 17.1 Å². The second-order valence-corrected chi connectivity index (χ2v) is 8.17. The number of rotatable bonds is 5. The van der Waals surface area contributed by atoms with Crippen LogP contribution >= 0.6 is 0 Å². The van der Waals surface area contributed by atoms with Gasteiger partial charge in [0.25, 0.3) is 16.0 Å². The van der Waals surface area contributed by atoms with Gasteiger partial charge in [-0.2, -0.15) is 4.98 Å². The molecule has 0 aliphatic heterocycles. The molecule has 0 aliphatic rings. The van der Waals surface area contributed by atoms with Gasteiger partial charge in [-0.15, -0.1) is 5.10 Å². The Morgan fingerprint density at radius 1 is 1.07 bits per heavy atom. The van der Waals surface area contributed by atoms with Crippen LogP contribution in [-0.4, -0.2) is 23.2 Å². The molecule has 0 saturated heterocycles. The number of nitrogens with zero attached hydrogens (tertiary/aromatic N) is 3. The molecule has 27 heavy (non-hydrogen) atoms. The number of aromatic nitrogens is 3. The highest BCUT2D eigenvalue weighted by Gasteiger charge is 2.23. The summed E-state index contributed by atoms with van der Waals surface area (Å²) in [6.07, 6.45) is 1.37. The van der Waals surface area contributed by atoms with E-state index < -0.39 is 10.0 Å². The minimum Gasteiger partial charge on any atom is -0.246 e. The lowest BCUT2D eigenvalue weighted by atomic mass is 10.0. The molecule has 0 bridgehead atoms. The monoisotopic (exact) mass is 388 g/mol. The topological polar surface area (TPSA) is 76.9 Å². The van der Waals surface area contributed by atoms with E-state index in [2.05, 4.69) is 14.8 Å². The maximum atomic E-state index is 13.8. The van der Waals surface area contributed by atoms with Gasteiger partial charge in [0.05, 0.1) is 11.4 Å². The molecule has 1 N–H and O–H groups in total. The van der Waals surface area contributed by atoms with Crippen LogP contribution in [0.1, 0.15) is 27.8 Å². The van der Waals surface area contributed by atoms with Crippen LogP contribution in [0.15, 0.2) is 41.6 Å². The number of hydrogen-bond acceptors (Lipinski definition) is 4. The number of aryl methyl sites for hydroxylation is 2. The summed E-state index contributed by atoms with van der Waals surface area (Å²) in [5.41, 5.74) is 3.62. The van der Waals surface area contributed by atoms with Gasteiger partial charge >= 0.3 is 0 Å². The van der Waals surface area contributed by atoms with Gasteiger partial charge in [-0.05, 0) is 56.0 Å². The van der Waals surface area contributed by atoms with Crippen LogP contribution in [0.25, 0.3) is 0 Å². The van der Waals surface area contributed by atoms with Gasteiger partial charge < -0.3 is 0 Å². The molecule has 3 rings (SSSR count). The minimum absolute atomic E-state index is 0.0516. The molecule has 0 saturated carbocycles. The Hall–Kier alpha value is -2.74. The van der Waals surface area contributed by atoms with Crippen molar-refractivity contribution in [2.45, 2.75) is 39.1 Å². The summed E-state index contributed by atoms with van der Waals surface area (Å²) in [7, 11) is -3.85. The predicted octanol–water partition coefficient (Wildman–Crippen LogP) is 3.50. The summed E-state index contributed by atoms with van der Waals surface area (Å²) < 4.78 is 43.4. The molecule has 3 aromatic rings. The van der Waals surface area contributed by atoms with Crippen molar-refractivity contribution in [3.8, 4) is 0 Å². The number of anilines is 1. The molecule has 8 heteroatoms. The van der Waals surface area contributed by atoms with Gasteiger partial charge in [0, 0.05) is 5.56 Å². The summed E-state index contributed by atoms with van der Waals surface area (Å²) in [6.45, 7) is 7.47. The van der Waals surface area contributed by atoms with Crippen LogP contribution in [0, 0.1) is 33.5 Å². The molecule has 0 aliphatic carbocycles. The number of nitrogens with one attached hydrogen (secondary N) is 1. The van der Waals surface area contributed by atoms with Gasteiger partial charge in [0.15, 0.2) is 0 Å². The Balaban J connectivity index is 1.88. The average Bonchev–Trinajstić information content (AvgIpc) is 3.01. The summed E-state index contributed by atoms with van der Waals surface area (Å²) in [6, 6.07) is 8.30. The molecule has 0 unspecified atom stereocenters. The van der Waals surface area contributed by atoms with Crippen LogP contribution in [-0.2, 0) is 16.6 Å². The molecular weight excluding hydrogens is 367 g/mol. The Bertz CT molecular complexity index is 1080. The summed E-state index contributed by atoms with van der Waals surface area (Å²) >= 11 is 0. The standard InChI is InChI=1S/C19H21FN4O2S/c1-12-9-13(2)15(4)18(14(12)3)27(25,26)23-19-21-11-24(22-19)10-16-7-5-6-8-17(16)20/h5-9,11H,10H2,1-4H3,(H,22,23).